The van der Waals surface area contributed by atoms with Crippen LogP contribution in [0, 0.1) is 0 Å². The lowest BCUT2D eigenvalue weighted by atomic mass is 10.2. The molecule has 0 aliphatic carbocycles. The topological polar surface area (TPSA) is 67.8 Å². The van der Waals surface area contributed by atoms with Crippen LogP contribution in [-0.4, -0.2) is 45.1 Å². The van der Waals surface area contributed by atoms with Gasteiger partial charge >= 0.3 is 6.09 Å². The van der Waals surface area contributed by atoms with Crippen LogP contribution in [0.5, 0.6) is 5.75 Å². The molecule has 1 amide bonds. The summed E-state index contributed by atoms with van der Waals surface area (Å²) < 4.78 is 11.6. The average molecular weight is 404 g/mol. The van der Waals surface area contributed by atoms with Crippen LogP contribution in [0.15, 0.2) is 28.7 Å². The fourth-order valence-corrected chi connectivity index (χ4v) is 2.63. The number of benzene rings is 1. The number of hydrogen-bond acceptors (Lipinski definition) is 4. The van der Waals surface area contributed by atoms with Gasteiger partial charge in [-0.15, -0.1) is 0 Å². The Morgan fingerprint density at radius 1 is 1.26 bits per heavy atom. The molecule has 0 aliphatic heterocycles. The van der Waals surface area contributed by atoms with Gasteiger partial charge in [0.2, 0.25) is 0 Å². The fourth-order valence-electron chi connectivity index (χ4n) is 1.65. The summed E-state index contributed by atoms with van der Waals surface area (Å²) in [5, 5.41) is 12.4. The van der Waals surface area contributed by atoms with Crippen molar-refractivity contribution in [2.24, 2.45) is 0 Å². The van der Waals surface area contributed by atoms with Crippen molar-refractivity contribution >= 4 is 30.1 Å². The number of carbonyl (C=O) groups is 1. The van der Waals surface area contributed by atoms with Gasteiger partial charge in [0.15, 0.2) is 0 Å². The van der Waals surface area contributed by atoms with Crippen molar-refractivity contribution in [2.75, 3.05) is 19.8 Å². The lowest BCUT2D eigenvalue weighted by Crippen LogP contribution is -2.34. The van der Waals surface area contributed by atoms with Crippen LogP contribution in [-0.2, 0) is 4.74 Å². The number of aliphatic hydroxyl groups is 1. The summed E-state index contributed by atoms with van der Waals surface area (Å²) in [5.74, 6) is 0.749. The predicted molar refractivity (Wildman–Crippen MR) is 97.8 cm³/mol. The van der Waals surface area contributed by atoms with Gasteiger partial charge in [-0.05, 0) is 30.3 Å². The molecule has 130 valence electrons. The molecule has 0 fully saturated rings. The van der Waals surface area contributed by atoms with E-state index in [0.29, 0.717) is 19.6 Å². The van der Waals surface area contributed by atoms with E-state index in [1.807, 2.05) is 24.3 Å². The summed E-state index contributed by atoms with van der Waals surface area (Å²) in [4.78, 5) is 11.5. The number of rotatable bonds is 9. The molecule has 1 atom stereocenters. The molecule has 1 rings (SSSR count). The zero-order valence-electron chi connectivity index (χ0n) is 14.0. The molecule has 0 aromatic heterocycles. The molecular weight excluding hydrogens is 378 g/mol. The number of amides is 1. The van der Waals surface area contributed by atoms with Gasteiger partial charge < -0.3 is 19.9 Å². The first-order chi connectivity index (χ1) is 10.8. The Morgan fingerprint density at radius 2 is 1.91 bits per heavy atom. The Hall–Kier alpha value is -1.05. The zero-order chi connectivity index (χ0) is 17.3. The standard InChI is InChI=1S/C16H26BrNO4Si/c1-23(2,3)11-10-22-16(20)18-12-14(19)8-9-21-15-6-4-13(17)5-7-15/h4-7,14,19H,8-12H2,1-3H3,(H,18,20)/t14-/m1/s1. The smallest absolute Gasteiger partial charge is 0.407 e. The molecule has 0 saturated carbocycles. The van der Waals surface area contributed by atoms with Gasteiger partial charge in [0.25, 0.3) is 0 Å². The summed E-state index contributed by atoms with van der Waals surface area (Å²) in [6, 6.07) is 8.42. The third-order valence-corrected chi connectivity index (χ3v) is 5.33. The van der Waals surface area contributed by atoms with E-state index in [9.17, 15) is 9.90 Å². The Balaban J connectivity index is 2.10. The molecule has 0 aliphatic rings. The highest BCUT2D eigenvalue weighted by molar-refractivity contribution is 9.10. The molecule has 0 heterocycles. The van der Waals surface area contributed by atoms with Crippen LogP contribution < -0.4 is 10.1 Å². The van der Waals surface area contributed by atoms with Crippen LogP contribution in [0.2, 0.25) is 25.7 Å². The third kappa shape index (κ3) is 10.4. The molecule has 2 N–H and O–H groups in total. The third-order valence-electron chi connectivity index (χ3n) is 3.10. The molecule has 0 spiro atoms. The largest absolute Gasteiger partial charge is 0.493 e. The van der Waals surface area contributed by atoms with E-state index in [1.54, 1.807) is 0 Å². The average Bonchev–Trinajstić information content (AvgIpc) is 2.46. The number of halogens is 1. The normalized spacial score (nSPS) is 12.6. The van der Waals surface area contributed by atoms with E-state index in [0.717, 1.165) is 16.3 Å². The Labute approximate surface area is 147 Å². The van der Waals surface area contributed by atoms with E-state index >= 15 is 0 Å². The second-order valence-corrected chi connectivity index (χ2v) is 13.1. The van der Waals surface area contributed by atoms with Crippen LogP contribution >= 0.6 is 15.9 Å². The van der Waals surface area contributed by atoms with Crippen molar-refractivity contribution in [3.63, 3.8) is 0 Å². The first-order valence-corrected chi connectivity index (χ1v) is 12.2. The van der Waals surface area contributed by atoms with Crippen LogP contribution in [0.25, 0.3) is 0 Å². The van der Waals surface area contributed by atoms with Gasteiger partial charge in [-0.3, -0.25) is 0 Å². The summed E-state index contributed by atoms with van der Waals surface area (Å²) in [7, 11) is -1.20. The van der Waals surface area contributed by atoms with Gasteiger partial charge in [-0.1, -0.05) is 35.6 Å². The van der Waals surface area contributed by atoms with Gasteiger partial charge in [-0.2, -0.15) is 0 Å². The number of alkyl carbamates (subject to hydrolysis) is 1. The maximum atomic E-state index is 11.5. The van der Waals surface area contributed by atoms with Crippen molar-refractivity contribution in [3.8, 4) is 5.75 Å². The Kier molecular flexibility index (Phi) is 8.65. The van der Waals surface area contributed by atoms with Crippen LogP contribution in [0.3, 0.4) is 0 Å². The first kappa shape index (κ1) is 20.0. The number of nitrogens with one attached hydrogen (secondary N) is 1. The molecule has 0 saturated heterocycles. The summed E-state index contributed by atoms with van der Waals surface area (Å²) in [6.45, 7) is 7.66. The van der Waals surface area contributed by atoms with E-state index in [1.165, 1.54) is 0 Å². The highest BCUT2D eigenvalue weighted by Crippen LogP contribution is 2.16. The number of hydrogen-bond donors (Lipinski definition) is 2. The first-order valence-electron chi connectivity index (χ1n) is 7.73. The maximum Gasteiger partial charge on any atom is 0.407 e. The van der Waals surface area contributed by atoms with E-state index in [-0.39, 0.29) is 6.54 Å². The fraction of sp³-hybridized carbons (Fsp3) is 0.562. The summed E-state index contributed by atoms with van der Waals surface area (Å²) in [6.07, 6.45) is -0.697. The van der Waals surface area contributed by atoms with E-state index in [2.05, 4.69) is 40.9 Å². The quantitative estimate of drug-likeness (QED) is 0.617. The van der Waals surface area contributed by atoms with Crippen molar-refractivity contribution in [3.05, 3.63) is 28.7 Å². The lowest BCUT2D eigenvalue weighted by molar-refractivity contribution is 0.120. The molecule has 23 heavy (non-hydrogen) atoms. The van der Waals surface area contributed by atoms with Crippen molar-refractivity contribution < 1.29 is 19.4 Å². The molecule has 1 aromatic rings. The van der Waals surface area contributed by atoms with Gasteiger partial charge in [0.1, 0.15) is 5.75 Å². The van der Waals surface area contributed by atoms with Crippen LogP contribution in [0.4, 0.5) is 4.79 Å². The van der Waals surface area contributed by atoms with Crippen molar-refractivity contribution in [1.29, 1.82) is 0 Å². The maximum absolute atomic E-state index is 11.5. The molecule has 0 radical (unpaired) electrons. The van der Waals surface area contributed by atoms with E-state index < -0.39 is 20.3 Å². The Morgan fingerprint density at radius 3 is 2.52 bits per heavy atom. The number of aliphatic hydroxyl groups excluding tert-OH is 1. The SMILES string of the molecule is C[Si](C)(C)CCOC(=O)NC[C@H](O)CCOc1ccc(Br)cc1. The predicted octanol–water partition coefficient (Wildman–Crippen LogP) is 3.64. The van der Waals surface area contributed by atoms with Gasteiger partial charge in [0.05, 0.1) is 19.3 Å². The molecular formula is C16H26BrNO4Si. The van der Waals surface area contributed by atoms with Gasteiger partial charge in [0, 0.05) is 25.5 Å². The monoisotopic (exact) mass is 403 g/mol. The van der Waals surface area contributed by atoms with Crippen LogP contribution in [0.1, 0.15) is 6.42 Å². The summed E-state index contributed by atoms with van der Waals surface area (Å²) in [5.41, 5.74) is 0. The minimum Gasteiger partial charge on any atom is -0.493 e. The number of carbonyl (C=O) groups excluding carboxylic acids is 1. The van der Waals surface area contributed by atoms with Crippen molar-refractivity contribution in [2.45, 2.75) is 38.2 Å². The molecule has 1 aromatic carbocycles. The molecule has 0 bridgehead atoms. The minimum atomic E-state index is -1.20. The van der Waals surface area contributed by atoms with Gasteiger partial charge in [-0.25, -0.2) is 4.79 Å². The highest BCUT2D eigenvalue weighted by Gasteiger charge is 2.14. The summed E-state index contributed by atoms with van der Waals surface area (Å²) >= 11 is 3.35. The number of ether oxygens (including phenoxy) is 2. The molecule has 0 unspecified atom stereocenters. The van der Waals surface area contributed by atoms with Crippen molar-refractivity contribution in [1.82, 2.24) is 5.32 Å². The Bertz CT molecular complexity index is 476. The van der Waals surface area contributed by atoms with E-state index in [4.69, 9.17) is 9.47 Å². The lowest BCUT2D eigenvalue weighted by Gasteiger charge is -2.16. The minimum absolute atomic E-state index is 0.162. The highest BCUT2D eigenvalue weighted by atomic mass is 79.9. The second kappa shape index (κ2) is 9.95. The zero-order valence-corrected chi connectivity index (χ0v) is 16.6. The second-order valence-electron chi connectivity index (χ2n) is 6.57. The molecule has 5 nitrogen and oxygen atoms in total. The molecule has 7 heteroatoms.